The number of Topliss-reactive ketones (excluding diaryl/α,β-unsaturated/α-hetero) is 4. The van der Waals surface area contributed by atoms with Gasteiger partial charge in [-0.25, -0.2) is 0 Å². The summed E-state index contributed by atoms with van der Waals surface area (Å²) in [4.78, 5) is 70.2. The number of nitrogens with zero attached hydrogens (tertiary/aromatic N) is 2. The maximum Gasteiger partial charge on any atom is 0.235 e. The number of hydrogen-bond donors (Lipinski definition) is 3. The van der Waals surface area contributed by atoms with Crippen molar-refractivity contribution < 1.29 is 34.2 Å². The molecule has 1 amide bonds. The van der Waals surface area contributed by atoms with Gasteiger partial charge in [-0.05, 0) is 50.0 Å². The number of rotatable bonds is 5. The van der Waals surface area contributed by atoms with Crippen LogP contribution in [0.4, 0.5) is 5.69 Å². The highest BCUT2D eigenvalue weighted by molar-refractivity contribution is 6.32. The number of anilines is 1. The molecule has 2 aromatic carbocycles. The van der Waals surface area contributed by atoms with E-state index in [2.05, 4.69) is 0 Å². The maximum absolute atomic E-state index is 14.1. The van der Waals surface area contributed by atoms with Crippen LogP contribution < -0.4 is 10.6 Å². The first-order valence-corrected chi connectivity index (χ1v) is 13.4. The van der Waals surface area contributed by atoms with Gasteiger partial charge in [-0.15, -0.1) is 0 Å². The number of aliphatic hydroxyl groups is 1. The van der Waals surface area contributed by atoms with Crippen LogP contribution in [0.3, 0.4) is 0 Å². The highest BCUT2D eigenvalue weighted by Gasteiger charge is 2.69. The fourth-order valence-electron chi connectivity index (χ4n) is 6.95. The van der Waals surface area contributed by atoms with Gasteiger partial charge in [0.2, 0.25) is 5.91 Å². The number of primary amides is 1. The van der Waals surface area contributed by atoms with E-state index in [4.69, 9.17) is 5.73 Å². The number of phenols is 1. The van der Waals surface area contributed by atoms with Crippen LogP contribution >= 0.6 is 0 Å². The summed E-state index contributed by atoms with van der Waals surface area (Å²) in [5.41, 5.74) is 5.07. The minimum atomic E-state index is -2.75. The fraction of sp³-hybridized carbons (Fsp3) is 0.387. The van der Waals surface area contributed by atoms with E-state index in [9.17, 15) is 34.2 Å². The number of fused-ring (bicyclic) bond motifs is 3. The second-order valence-corrected chi connectivity index (χ2v) is 11.6. The minimum Gasteiger partial charge on any atom is -0.507 e. The minimum absolute atomic E-state index is 0.00713. The van der Waals surface area contributed by atoms with E-state index in [0.717, 1.165) is 5.56 Å². The summed E-state index contributed by atoms with van der Waals surface area (Å²) >= 11 is 0. The monoisotopic (exact) mass is 559 g/mol. The number of aromatic hydroxyl groups is 1. The molecule has 2 aromatic rings. The van der Waals surface area contributed by atoms with Gasteiger partial charge in [0, 0.05) is 31.3 Å². The number of benzene rings is 2. The van der Waals surface area contributed by atoms with Crippen molar-refractivity contribution in [1.29, 1.82) is 0 Å². The molecule has 3 aliphatic carbocycles. The zero-order chi connectivity index (χ0) is 30.0. The standard InChI is InChI=1S/C31H33N3O7/c1-33(2)20-14-16(11-10-15-8-6-5-7-9-15)25(35)22-18(20)12-17-13-19-24(34(3)4)27(37)23(30(32)40)29(39)31(19,41)28(38)21(17)26(22)36/h5-11,14,17,19,21,23-24,35,41H,12-13H2,1-4H3,(H2,32,40)/t17-,19-,21?,23?,24-,31-/m1/s1. The Morgan fingerprint density at radius 1 is 1.02 bits per heavy atom. The first-order chi connectivity index (χ1) is 19.3. The number of likely N-dealkylation sites (N-methyl/N-ethyl adjacent to an activating group) is 1. The average molecular weight is 560 g/mol. The molecule has 10 nitrogen and oxygen atoms in total. The molecule has 0 aliphatic heterocycles. The summed E-state index contributed by atoms with van der Waals surface area (Å²) in [6.07, 6.45) is 3.68. The number of nitrogens with two attached hydrogens (primary N) is 1. The Labute approximate surface area is 237 Å². The summed E-state index contributed by atoms with van der Waals surface area (Å²) < 4.78 is 0. The molecule has 0 heterocycles. The Hall–Kier alpha value is -4.15. The lowest BCUT2D eigenvalue weighted by atomic mass is 9.52. The molecule has 41 heavy (non-hydrogen) atoms. The normalized spacial score (nSPS) is 29.4. The fourth-order valence-corrected chi connectivity index (χ4v) is 6.95. The summed E-state index contributed by atoms with van der Waals surface area (Å²) in [5, 5.41) is 23.1. The molecule has 0 aromatic heterocycles. The number of carbonyl (C=O) groups excluding carboxylic acids is 5. The zero-order valence-corrected chi connectivity index (χ0v) is 23.3. The van der Waals surface area contributed by atoms with Gasteiger partial charge >= 0.3 is 0 Å². The molecule has 2 unspecified atom stereocenters. The highest BCUT2D eigenvalue weighted by atomic mass is 16.3. The number of phenolic OH excluding ortho intramolecular Hbond substituents is 1. The van der Waals surface area contributed by atoms with Crippen molar-refractivity contribution in [1.82, 2.24) is 4.90 Å². The third-order valence-corrected chi connectivity index (χ3v) is 8.80. The molecule has 3 aliphatic rings. The Morgan fingerprint density at radius 2 is 1.68 bits per heavy atom. The molecule has 0 bridgehead atoms. The second-order valence-electron chi connectivity index (χ2n) is 11.6. The van der Waals surface area contributed by atoms with Gasteiger partial charge in [-0.3, -0.25) is 28.9 Å². The van der Waals surface area contributed by atoms with Crippen molar-refractivity contribution in [3.05, 3.63) is 58.7 Å². The van der Waals surface area contributed by atoms with E-state index in [-0.39, 0.29) is 24.2 Å². The lowest BCUT2D eigenvalue weighted by Crippen LogP contribution is -2.74. The molecular weight excluding hydrogens is 526 g/mol. The van der Waals surface area contributed by atoms with Gasteiger partial charge in [0.15, 0.2) is 34.7 Å². The third kappa shape index (κ3) is 4.20. The number of hydrogen-bond acceptors (Lipinski definition) is 9. The van der Waals surface area contributed by atoms with Crippen molar-refractivity contribution in [3.63, 3.8) is 0 Å². The molecule has 5 rings (SSSR count). The Bertz CT molecular complexity index is 1510. The van der Waals surface area contributed by atoms with Gasteiger partial charge in [0.25, 0.3) is 0 Å². The van der Waals surface area contributed by atoms with E-state index in [1.165, 1.54) is 4.90 Å². The van der Waals surface area contributed by atoms with Crippen molar-refractivity contribution in [2.24, 2.45) is 29.4 Å². The van der Waals surface area contributed by atoms with Crippen LogP contribution in [0.25, 0.3) is 12.2 Å². The molecular formula is C31H33N3O7. The number of carbonyl (C=O) groups is 5. The Balaban J connectivity index is 1.64. The van der Waals surface area contributed by atoms with E-state index >= 15 is 0 Å². The van der Waals surface area contributed by atoms with Crippen molar-refractivity contribution in [2.75, 3.05) is 33.1 Å². The van der Waals surface area contributed by atoms with Crippen LogP contribution in [0, 0.1) is 23.7 Å². The van der Waals surface area contributed by atoms with Gasteiger partial charge < -0.3 is 20.8 Å². The predicted molar refractivity (Wildman–Crippen MR) is 151 cm³/mol. The Morgan fingerprint density at radius 3 is 2.27 bits per heavy atom. The predicted octanol–water partition coefficient (Wildman–Crippen LogP) is 1.10. The third-order valence-electron chi connectivity index (χ3n) is 8.80. The molecule has 10 heteroatoms. The molecule has 214 valence electrons. The first kappa shape index (κ1) is 28.4. The van der Waals surface area contributed by atoms with Crippen molar-refractivity contribution in [2.45, 2.75) is 24.5 Å². The highest BCUT2D eigenvalue weighted by Crippen LogP contribution is 2.52. The molecule has 4 N–H and O–H groups in total. The molecule has 0 saturated heterocycles. The van der Waals surface area contributed by atoms with E-state index < -0.39 is 64.4 Å². The van der Waals surface area contributed by atoms with E-state index in [1.54, 1.807) is 32.3 Å². The molecule has 2 fully saturated rings. The topological polar surface area (TPSA) is 158 Å². The summed E-state index contributed by atoms with van der Waals surface area (Å²) in [7, 11) is 6.73. The van der Waals surface area contributed by atoms with Crippen LogP contribution in [0.5, 0.6) is 5.75 Å². The van der Waals surface area contributed by atoms with Crippen LogP contribution in [-0.4, -0.2) is 84.0 Å². The lowest BCUT2D eigenvalue weighted by Gasteiger charge is -2.52. The number of ketones is 4. The lowest BCUT2D eigenvalue weighted by molar-refractivity contribution is -0.181. The van der Waals surface area contributed by atoms with Crippen molar-refractivity contribution in [3.8, 4) is 5.75 Å². The van der Waals surface area contributed by atoms with Gasteiger partial charge in [-0.2, -0.15) is 0 Å². The molecule has 0 radical (unpaired) electrons. The zero-order valence-electron chi connectivity index (χ0n) is 23.3. The summed E-state index contributed by atoms with van der Waals surface area (Å²) in [5.74, 6) is -10.6. The number of amides is 1. The molecule has 2 saturated carbocycles. The van der Waals surface area contributed by atoms with Crippen LogP contribution in [-0.2, 0) is 25.6 Å². The van der Waals surface area contributed by atoms with Crippen LogP contribution in [0.15, 0.2) is 36.4 Å². The van der Waals surface area contributed by atoms with Gasteiger partial charge in [0.1, 0.15) is 5.75 Å². The smallest absolute Gasteiger partial charge is 0.235 e. The maximum atomic E-state index is 14.1. The largest absolute Gasteiger partial charge is 0.507 e. The van der Waals surface area contributed by atoms with Gasteiger partial charge in [-0.1, -0.05) is 42.5 Å². The van der Waals surface area contributed by atoms with Gasteiger partial charge in [0.05, 0.1) is 17.5 Å². The first-order valence-electron chi connectivity index (χ1n) is 13.4. The van der Waals surface area contributed by atoms with E-state index in [0.29, 0.717) is 16.8 Å². The average Bonchev–Trinajstić information content (AvgIpc) is 2.90. The SMILES string of the molecule is CN(C)c1cc(C=Cc2ccccc2)c(O)c2c1C[C@@H]1C[C@@H]3[C@@H](N(C)C)C(=O)C(C(N)=O)C(=O)[C@]3(O)C(=O)C1C2=O. The summed E-state index contributed by atoms with van der Waals surface area (Å²) in [6, 6.07) is 10.0. The molecule has 0 spiro atoms. The van der Waals surface area contributed by atoms with Crippen molar-refractivity contribution >= 4 is 46.9 Å². The second kappa shape index (κ2) is 10.0. The van der Waals surface area contributed by atoms with Crippen LogP contribution in [0.2, 0.25) is 0 Å². The van der Waals surface area contributed by atoms with E-state index in [1.807, 2.05) is 49.3 Å². The quantitative estimate of drug-likeness (QED) is 0.360. The molecule has 6 atom stereocenters. The summed E-state index contributed by atoms with van der Waals surface area (Å²) in [6.45, 7) is 0. The Kier molecular flexibility index (Phi) is 6.95. The van der Waals surface area contributed by atoms with Crippen LogP contribution in [0.1, 0.15) is 33.5 Å².